The van der Waals surface area contributed by atoms with Crippen molar-refractivity contribution in [3.05, 3.63) is 95.0 Å². The summed E-state index contributed by atoms with van der Waals surface area (Å²) in [7, 11) is 0. The zero-order chi connectivity index (χ0) is 21.9. The number of piperazine rings is 1. The van der Waals surface area contributed by atoms with Crippen LogP contribution in [0.15, 0.2) is 78.9 Å². The van der Waals surface area contributed by atoms with Crippen LogP contribution in [0.3, 0.4) is 0 Å². The molecule has 5 rings (SSSR count). The van der Waals surface area contributed by atoms with Gasteiger partial charge in [-0.2, -0.15) is 0 Å². The lowest BCUT2D eigenvalue weighted by Crippen LogP contribution is -2.52. The number of nitrogens with zero attached hydrogens (tertiary/aromatic N) is 3. The van der Waals surface area contributed by atoms with Crippen LogP contribution in [0.1, 0.15) is 22.1 Å². The Hall–Kier alpha value is -3.02. The molecule has 164 valence electrons. The molecule has 1 saturated heterocycles. The van der Waals surface area contributed by atoms with Crippen LogP contribution in [0.5, 0.6) is 0 Å². The molecule has 0 aromatic heterocycles. The van der Waals surface area contributed by atoms with Crippen LogP contribution in [0, 0.1) is 0 Å². The monoisotopic (exact) mass is 446 g/mol. The van der Waals surface area contributed by atoms with E-state index in [0.29, 0.717) is 10.6 Å². The average Bonchev–Trinajstić information content (AvgIpc) is 2.85. The van der Waals surface area contributed by atoms with E-state index in [9.17, 15) is 4.79 Å². The highest BCUT2D eigenvalue weighted by atomic mass is 35.5. The number of benzene rings is 3. The van der Waals surface area contributed by atoms with Crippen LogP contribution in [0.4, 0.5) is 11.4 Å². The molecule has 0 spiro atoms. The molecule has 0 bridgehead atoms. The molecule has 1 atom stereocenters. The van der Waals surface area contributed by atoms with E-state index in [1.807, 2.05) is 30.3 Å². The number of rotatable bonds is 5. The first-order valence-corrected chi connectivity index (χ1v) is 11.5. The summed E-state index contributed by atoms with van der Waals surface area (Å²) in [5.41, 5.74) is 3.83. The van der Waals surface area contributed by atoms with Gasteiger partial charge >= 0.3 is 0 Å². The number of para-hydroxylation sites is 1. The van der Waals surface area contributed by atoms with Gasteiger partial charge in [-0.15, -0.1) is 0 Å². The Morgan fingerprint density at radius 3 is 2.22 bits per heavy atom. The maximum Gasteiger partial charge on any atom is 0.256 e. The van der Waals surface area contributed by atoms with Crippen LogP contribution in [0.2, 0.25) is 5.02 Å². The Morgan fingerprint density at radius 2 is 1.50 bits per heavy atom. The van der Waals surface area contributed by atoms with Gasteiger partial charge in [0.1, 0.15) is 6.17 Å². The predicted octanol–water partition coefficient (Wildman–Crippen LogP) is 4.41. The molecule has 3 aromatic carbocycles. The second-order valence-corrected chi connectivity index (χ2v) is 8.69. The van der Waals surface area contributed by atoms with E-state index in [0.717, 1.165) is 50.5 Å². The van der Waals surface area contributed by atoms with Gasteiger partial charge in [-0.3, -0.25) is 9.69 Å². The Bertz CT molecular complexity index is 1070. The maximum atomic E-state index is 12.9. The van der Waals surface area contributed by atoms with Gasteiger partial charge in [0.05, 0.1) is 16.3 Å². The zero-order valence-electron chi connectivity index (χ0n) is 18.0. The number of halogens is 1. The molecule has 2 heterocycles. The first-order chi connectivity index (χ1) is 15.7. The van der Waals surface area contributed by atoms with Gasteiger partial charge in [-0.05, 0) is 29.8 Å². The number of fused-ring (bicyclic) bond motifs is 1. The molecule has 3 aromatic rings. The van der Waals surface area contributed by atoms with Crippen molar-refractivity contribution in [3.63, 3.8) is 0 Å². The van der Waals surface area contributed by atoms with Crippen molar-refractivity contribution < 1.29 is 4.79 Å². The summed E-state index contributed by atoms with van der Waals surface area (Å²) >= 11 is 6.42. The minimum atomic E-state index is -0.208. The van der Waals surface area contributed by atoms with Gasteiger partial charge in [-0.25, -0.2) is 0 Å². The van der Waals surface area contributed by atoms with Gasteiger partial charge < -0.3 is 15.1 Å². The summed E-state index contributed by atoms with van der Waals surface area (Å²) in [5, 5.41) is 3.67. The van der Waals surface area contributed by atoms with Gasteiger partial charge in [0.15, 0.2) is 0 Å². The highest BCUT2D eigenvalue weighted by Gasteiger charge is 2.33. The number of amides is 1. The first-order valence-electron chi connectivity index (χ1n) is 11.1. The first kappa shape index (κ1) is 20.9. The lowest BCUT2D eigenvalue weighted by Gasteiger charge is -2.42. The predicted molar refractivity (Wildman–Crippen MR) is 131 cm³/mol. The van der Waals surface area contributed by atoms with Crippen molar-refractivity contribution in [2.75, 3.05) is 49.1 Å². The number of hydrogen-bond donors (Lipinski definition) is 1. The van der Waals surface area contributed by atoms with Gasteiger partial charge in [-0.1, -0.05) is 66.2 Å². The van der Waals surface area contributed by atoms with Gasteiger partial charge in [0, 0.05) is 45.0 Å². The molecule has 0 aliphatic carbocycles. The third-order valence-corrected chi connectivity index (χ3v) is 6.69. The van der Waals surface area contributed by atoms with Crippen LogP contribution < -0.4 is 15.1 Å². The summed E-state index contributed by atoms with van der Waals surface area (Å²) < 4.78 is 0. The van der Waals surface area contributed by atoms with Crippen molar-refractivity contribution in [1.29, 1.82) is 0 Å². The molecule has 2 aliphatic heterocycles. The fourth-order valence-electron chi connectivity index (χ4n) is 4.66. The minimum absolute atomic E-state index is 0.118. The number of carbonyl (C=O) groups is 1. The number of carbonyl (C=O) groups excluding carboxylic acids is 1. The lowest BCUT2D eigenvalue weighted by atomic mass is 10.0. The average molecular weight is 447 g/mol. The van der Waals surface area contributed by atoms with E-state index in [-0.39, 0.29) is 12.1 Å². The van der Waals surface area contributed by atoms with E-state index in [1.165, 1.54) is 5.69 Å². The standard InChI is InChI=1S/C26H27ClN4O/c27-22-12-7-13-23-24(22)26(32)28-25(20-8-3-1-4-9-20)31(23)19-16-29-14-17-30(18-15-29)21-10-5-2-6-11-21/h1-13,25H,14-19H2,(H,28,32). The topological polar surface area (TPSA) is 38.8 Å². The number of anilines is 2. The fourth-order valence-corrected chi connectivity index (χ4v) is 4.91. The third kappa shape index (κ3) is 4.18. The van der Waals surface area contributed by atoms with Crippen molar-refractivity contribution in [2.24, 2.45) is 0 Å². The summed E-state index contributed by atoms with van der Waals surface area (Å²) in [6.45, 7) is 5.81. The summed E-state index contributed by atoms with van der Waals surface area (Å²) in [4.78, 5) is 20.1. The molecular formula is C26H27ClN4O. The Labute approximate surface area is 194 Å². The lowest BCUT2D eigenvalue weighted by molar-refractivity contribution is 0.0925. The SMILES string of the molecule is O=C1NC(c2ccccc2)N(CCN2CCN(c3ccccc3)CC2)c2cccc(Cl)c21. The Morgan fingerprint density at radius 1 is 0.812 bits per heavy atom. The quantitative estimate of drug-likeness (QED) is 0.630. The molecule has 5 nitrogen and oxygen atoms in total. The van der Waals surface area contributed by atoms with Crippen LogP contribution in [0.25, 0.3) is 0 Å². The zero-order valence-corrected chi connectivity index (χ0v) is 18.7. The highest BCUT2D eigenvalue weighted by molar-refractivity contribution is 6.34. The largest absolute Gasteiger partial charge is 0.369 e. The molecule has 0 saturated carbocycles. The molecule has 32 heavy (non-hydrogen) atoms. The normalized spacial score (nSPS) is 18.9. The fraction of sp³-hybridized carbons (Fsp3) is 0.269. The summed E-state index contributed by atoms with van der Waals surface area (Å²) in [6, 6.07) is 26.5. The van der Waals surface area contributed by atoms with E-state index < -0.39 is 0 Å². The van der Waals surface area contributed by atoms with Crippen molar-refractivity contribution in [2.45, 2.75) is 6.17 Å². The van der Waals surface area contributed by atoms with Crippen molar-refractivity contribution in [3.8, 4) is 0 Å². The van der Waals surface area contributed by atoms with E-state index >= 15 is 0 Å². The molecule has 1 amide bonds. The van der Waals surface area contributed by atoms with Crippen LogP contribution in [-0.4, -0.2) is 50.1 Å². The second-order valence-electron chi connectivity index (χ2n) is 8.28. The maximum absolute atomic E-state index is 12.9. The number of hydrogen-bond acceptors (Lipinski definition) is 4. The molecular weight excluding hydrogens is 420 g/mol. The summed E-state index contributed by atoms with van der Waals surface area (Å²) in [5.74, 6) is -0.118. The van der Waals surface area contributed by atoms with Crippen LogP contribution >= 0.6 is 11.6 Å². The minimum Gasteiger partial charge on any atom is -0.369 e. The molecule has 0 radical (unpaired) electrons. The van der Waals surface area contributed by atoms with E-state index in [2.05, 4.69) is 62.5 Å². The molecule has 1 fully saturated rings. The molecule has 2 aliphatic rings. The van der Waals surface area contributed by atoms with E-state index in [4.69, 9.17) is 11.6 Å². The van der Waals surface area contributed by atoms with E-state index in [1.54, 1.807) is 6.07 Å². The van der Waals surface area contributed by atoms with Crippen LogP contribution in [-0.2, 0) is 0 Å². The molecule has 1 N–H and O–H groups in total. The third-order valence-electron chi connectivity index (χ3n) is 6.37. The van der Waals surface area contributed by atoms with Crippen molar-refractivity contribution >= 4 is 28.9 Å². The van der Waals surface area contributed by atoms with Gasteiger partial charge in [0.25, 0.3) is 5.91 Å². The van der Waals surface area contributed by atoms with Gasteiger partial charge in [0.2, 0.25) is 0 Å². The highest BCUT2D eigenvalue weighted by Crippen LogP contribution is 2.36. The summed E-state index contributed by atoms with van der Waals surface area (Å²) in [6.07, 6.45) is -0.208. The van der Waals surface area contributed by atoms with Crippen molar-refractivity contribution in [1.82, 2.24) is 10.2 Å². The number of nitrogens with one attached hydrogen (secondary N) is 1. The Balaban J connectivity index is 1.32. The molecule has 6 heteroatoms. The smallest absolute Gasteiger partial charge is 0.256 e. The molecule has 1 unspecified atom stereocenters. The Kier molecular flexibility index (Phi) is 6.02. The second kappa shape index (κ2) is 9.23.